The van der Waals surface area contributed by atoms with Gasteiger partial charge in [-0.05, 0) is 43.0 Å². The van der Waals surface area contributed by atoms with Crippen LogP contribution in [0.3, 0.4) is 0 Å². The van der Waals surface area contributed by atoms with Crippen molar-refractivity contribution in [3.8, 4) is 0 Å². The Balaban J connectivity index is 1.87. The Morgan fingerprint density at radius 2 is 1.67 bits per heavy atom. The molecule has 1 aromatic carbocycles. The number of anilines is 2. The van der Waals surface area contributed by atoms with Gasteiger partial charge in [0, 0.05) is 31.0 Å². The van der Waals surface area contributed by atoms with Crippen molar-refractivity contribution >= 4 is 11.4 Å². The van der Waals surface area contributed by atoms with Gasteiger partial charge in [0.25, 0.3) is 0 Å². The predicted octanol–water partition coefficient (Wildman–Crippen LogP) is 4.13. The van der Waals surface area contributed by atoms with Crippen molar-refractivity contribution in [1.82, 2.24) is 0 Å². The van der Waals surface area contributed by atoms with Gasteiger partial charge in [0.15, 0.2) is 0 Å². The zero-order valence-electron chi connectivity index (χ0n) is 11.8. The van der Waals surface area contributed by atoms with Crippen LogP contribution in [0.5, 0.6) is 0 Å². The summed E-state index contributed by atoms with van der Waals surface area (Å²) in [7, 11) is 0. The highest BCUT2D eigenvalue weighted by Crippen LogP contribution is 2.22. The maximum atomic E-state index is 3.55. The SMILES string of the molecule is CCC(CC)CNc1ccc(N2CCCC2)cc1. The van der Waals surface area contributed by atoms with E-state index in [1.165, 1.54) is 50.1 Å². The maximum absolute atomic E-state index is 3.55. The normalized spacial score (nSPS) is 15.4. The van der Waals surface area contributed by atoms with Crippen molar-refractivity contribution in [2.45, 2.75) is 39.5 Å². The van der Waals surface area contributed by atoms with Crippen LogP contribution in [0.1, 0.15) is 39.5 Å². The average Bonchev–Trinajstić information content (AvgIpc) is 2.94. The molecular weight excluding hydrogens is 220 g/mol. The lowest BCUT2D eigenvalue weighted by molar-refractivity contribution is 0.519. The van der Waals surface area contributed by atoms with E-state index >= 15 is 0 Å². The van der Waals surface area contributed by atoms with Crippen molar-refractivity contribution in [2.75, 3.05) is 29.9 Å². The second-order valence-electron chi connectivity index (χ2n) is 5.30. The molecular formula is C16H26N2. The summed E-state index contributed by atoms with van der Waals surface area (Å²) < 4.78 is 0. The number of hydrogen-bond donors (Lipinski definition) is 1. The first-order chi connectivity index (χ1) is 8.83. The summed E-state index contributed by atoms with van der Waals surface area (Å²) in [5.41, 5.74) is 2.63. The molecule has 2 heteroatoms. The standard InChI is InChI=1S/C16H26N2/c1-3-14(4-2)13-17-15-7-9-16(10-8-15)18-11-5-6-12-18/h7-10,14,17H,3-6,11-13H2,1-2H3. The van der Waals surface area contributed by atoms with Crippen molar-refractivity contribution in [3.63, 3.8) is 0 Å². The summed E-state index contributed by atoms with van der Waals surface area (Å²) in [6.45, 7) is 8.08. The summed E-state index contributed by atoms with van der Waals surface area (Å²) in [4.78, 5) is 2.48. The van der Waals surface area contributed by atoms with Crippen LogP contribution in [0.15, 0.2) is 24.3 Å². The van der Waals surface area contributed by atoms with E-state index in [0.717, 1.165) is 12.5 Å². The predicted molar refractivity (Wildman–Crippen MR) is 80.5 cm³/mol. The highest BCUT2D eigenvalue weighted by molar-refractivity contribution is 5.55. The van der Waals surface area contributed by atoms with E-state index in [-0.39, 0.29) is 0 Å². The molecule has 2 rings (SSSR count). The van der Waals surface area contributed by atoms with E-state index in [4.69, 9.17) is 0 Å². The van der Waals surface area contributed by atoms with E-state index in [1.807, 2.05) is 0 Å². The first-order valence-corrected chi connectivity index (χ1v) is 7.42. The summed E-state index contributed by atoms with van der Waals surface area (Å²) in [5.74, 6) is 0.795. The third-order valence-corrected chi connectivity index (χ3v) is 4.09. The van der Waals surface area contributed by atoms with E-state index in [9.17, 15) is 0 Å². The van der Waals surface area contributed by atoms with Crippen LogP contribution in [0.25, 0.3) is 0 Å². The lowest BCUT2D eigenvalue weighted by atomic mass is 10.0. The minimum absolute atomic E-state index is 0.795. The fraction of sp³-hybridized carbons (Fsp3) is 0.625. The summed E-state index contributed by atoms with van der Waals surface area (Å²) in [6.07, 6.45) is 5.20. The van der Waals surface area contributed by atoms with Crippen molar-refractivity contribution in [1.29, 1.82) is 0 Å². The fourth-order valence-electron chi connectivity index (χ4n) is 2.60. The first kappa shape index (κ1) is 13.3. The molecule has 0 unspecified atom stereocenters. The molecule has 0 bridgehead atoms. The smallest absolute Gasteiger partial charge is 0.0367 e. The Bertz CT molecular complexity index is 335. The molecule has 0 saturated carbocycles. The average molecular weight is 246 g/mol. The Morgan fingerprint density at radius 1 is 1.06 bits per heavy atom. The maximum Gasteiger partial charge on any atom is 0.0367 e. The number of benzene rings is 1. The molecule has 100 valence electrons. The monoisotopic (exact) mass is 246 g/mol. The van der Waals surface area contributed by atoms with Gasteiger partial charge in [-0.2, -0.15) is 0 Å². The van der Waals surface area contributed by atoms with Crippen LogP contribution in [0.4, 0.5) is 11.4 Å². The van der Waals surface area contributed by atoms with Gasteiger partial charge < -0.3 is 10.2 Å². The number of nitrogens with one attached hydrogen (secondary N) is 1. The van der Waals surface area contributed by atoms with Crippen molar-refractivity contribution in [2.24, 2.45) is 5.92 Å². The summed E-state index contributed by atoms with van der Waals surface area (Å²) in [6, 6.07) is 8.94. The molecule has 0 amide bonds. The molecule has 1 aliphatic heterocycles. The van der Waals surface area contributed by atoms with Crippen LogP contribution in [0.2, 0.25) is 0 Å². The molecule has 0 atom stereocenters. The van der Waals surface area contributed by atoms with Crippen LogP contribution in [-0.2, 0) is 0 Å². The number of hydrogen-bond acceptors (Lipinski definition) is 2. The van der Waals surface area contributed by atoms with Crippen LogP contribution >= 0.6 is 0 Å². The van der Waals surface area contributed by atoms with E-state index in [2.05, 4.69) is 48.3 Å². The zero-order chi connectivity index (χ0) is 12.8. The third-order valence-electron chi connectivity index (χ3n) is 4.09. The van der Waals surface area contributed by atoms with Crippen molar-refractivity contribution in [3.05, 3.63) is 24.3 Å². The lowest BCUT2D eigenvalue weighted by Gasteiger charge is -2.19. The molecule has 0 aromatic heterocycles. The first-order valence-electron chi connectivity index (χ1n) is 7.42. The second-order valence-corrected chi connectivity index (χ2v) is 5.30. The fourth-order valence-corrected chi connectivity index (χ4v) is 2.60. The number of nitrogens with zero attached hydrogens (tertiary/aromatic N) is 1. The molecule has 1 saturated heterocycles. The lowest BCUT2D eigenvalue weighted by Crippen LogP contribution is -2.17. The molecule has 2 nitrogen and oxygen atoms in total. The van der Waals surface area contributed by atoms with Gasteiger partial charge in [-0.15, -0.1) is 0 Å². The molecule has 1 aromatic rings. The highest BCUT2D eigenvalue weighted by atomic mass is 15.1. The topological polar surface area (TPSA) is 15.3 Å². The Kier molecular flexibility index (Phi) is 4.91. The van der Waals surface area contributed by atoms with E-state index in [0.29, 0.717) is 0 Å². The van der Waals surface area contributed by atoms with Gasteiger partial charge >= 0.3 is 0 Å². The van der Waals surface area contributed by atoms with E-state index < -0.39 is 0 Å². The van der Waals surface area contributed by atoms with Crippen LogP contribution < -0.4 is 10.2 Å². The molecule has 1 heterocycles. The highest BCUT2D eigenvalue weighted by Gasteiger charge is 2.11. The quantitative estimate of drug-likeness (QED) is 0.811. The molecule has 0 spiro atoms. The van der Waals surface area contributed by atoms with Gasteiger partial charge in [-0.1, -0.05) is 26.7 Å². The molecule has 1 aliphatic rings. The zero-order valence-corrected chi connectivity index (χ0v) is 11.8. The minimum atomic E-state index is 0.795. The Labute approximate surface area is 111 Å². The molecule has 1 N–H and O–H groups in total. The van der Waals surface area contributed by atoms with Crippen molar-refractivity contribution < 1.29 is 0 Å². The molecule has 18 heavy (non-hydrogen) atoms. The van der Waals surface area contributed by atoms with E-state index in [1.54, 1.807) is 0 Å². The molecule has 0 aliphatic carbocycles. The largest absolute Gasteiger partial charge is 0.385 e. The van der Waals surface area contributed by atoms with Crippen LogP contribution in [0, 0.1) is 5.92 Å². The third kappa shape index (κ3) is 3.41. The van der Waals surface area contributed by atoms with Gasteiger partial charge in [0.05, 0.1) is 0 Å². The summed E-state index contributed by atoms with van der Waals surface area (Å²) in [5, 5.41) is 3.55. The summed E-state index contributed by atoms with van der Waals surface area (Å²) >= 11 is 0. The Morgan fingerprint density at radius 3 is 2.22 bits per heavy atom. The molecule has 1 fully saturated rings. The van der Waals surface area contributed by atoms with Gasteiger partial charge in [-0.25, -0.2) is 0 Å². The second kappa shape index (κ2) is 6.67. The van der Waals surface area contributed by atoms with Gasteiger partial charge in [0.2, 0.25) is 0 Å². The minimum Gasteiger partial charge on any atom is -0.385 e. The van der Waals surface area contributed by atoms with Crippen LogP contribution in [-0.4, -0.2) is 19.6 Å². The molecule has 0 radical (unpaired) electrons. The number of rotatable bonds is 6. The van der Waals surface area contributed by atoms with Gasteiger partial charge in [0.1, 0.15) is 0 Å². The van der Waals surface area contributed by atoms with Gasteiger partial charge in [-0.3, -0.25) is 0 Å². The Hall–Kier alpha value is -1.18.